The predicted octanol–water partition coefficient (Wildman–Crippen LogP) is 3.34. The third kappa shape index (κ3) is 3.82. The molecule has 2 aromatic carbocycles. The monoisotopic (exact) mass is 393 g/mol. The van der Waals surface area contributed by atoms with Crippen LogP contribution in [0.25, 0.3) is 10.8 Å². The molecule has 1 fully saturated rings. The molecule has 1 N–H and O–H groups in total. The molecule has 1 aliphatic heterocycles. The molecule has 1 amide bonds. The van der Waals surface area contributed by atoms with E-state index in [-0.39, 0.29) is 5.91 Å². The number of pyridine rings is 1. The zero-order valence-electron chi connectivity index (χ0n) is 16.5. The number of hydrogen-bond donors (Lipinski definition) is 1. The van der Waals surface area contributed by atoms with Gasteiger partial charge in [0.25, 0.3) is 5.91 Å². The number of carbonyl (C=O) groups excluding carboxylic acids is 1. The highest BCUT2D eigenvalue weighted by molar-refractivity contribution is 6.14. The maximum Gasteiger partial charge on any atom is 0.257 e. The average Bonchev–Trinajstić information content (AvgIpc) is 2.78. The van der Waals surface area contributed by atoms with Crippen LogP contribution in [0.15, 0.2) is 48.7 Å². The maximum absolute atomic E-state index is 13.1. The van der Waals surface area contributed by atoms with E-state index in [4.69, 9.17) is 14.2 Å². The summed E-state index contributed by atoms with van der Waals surface area (Å²) in [7, 11) is 3.14. The number of carbonyl (C=O) groups is 1. The molecular formula is C22H23N3O4. The number of hydrogen-bond acceptors (Lipinski definition) is 6. The first-order chi connectivity index (χ1) is 14.2. The highest BCUT2D eigenvalue weighted by Gasteiger charge is 2.20. The van der Waals surface area contributed by atoms with E-state index in [9.17, 15) is 4.79 Å². The number of morpholine rings is 1. The van der Waals surface area contributed by atoms with E-state index < -0.39 is 0 Å². The minimum absolute atomic E-state index is 0.256. The Morgan fingerprint density at radius 3 is 2.55 bits per heavy atom. The van der Waals surface area contributed by atoms with Crippen molar-refractivity contribution in [3.8, 4) is 11.5 Å². The van der Waals surface area contributed by atoms with Crippen molar-refractivity contribution in [2.24, 2.45) is 0 Å². The summed E-state index contributed by atoms with van der Waals surface area (Å²) in [6.07, 6.45) is 1.63. The number of rotatable bonds is 5. The first kappa shape index (κ1) is 19.0. The van der Waals surface area contributed by atoms with E-state index in [0.717, 1.165) is 29.7 Å². The van der Waals surface area contributed by atoms with Gasteiger partial charge in [-0.1, -0.05) is 24.3 Å². The molecule has 4 rings (SSSR count). The Kier molecular flexibility index (Phi) is 5.48. The van der Waals surface area contributed by atoms with Crippen LogP contribution < -0.4 is 19.7 Å². The molecule has 150 valence electrons. The van der Waals surface area contributed by atoms with E-state index in [2.05, 4.69) is 15.2 Å². The molecule has 7 nitrogen and oxygen atoms in total. The van der Waals surface area contributed by atoms with Crippen LogP contribution in [0.2, 0.25) is 0 Å². The summed E-state index contributed by atoms with van der Waals surface area (Å²) >= 11 is 0. The fraction of sp³-hybridized carbons (Fsp3) is 0.273. The Hall–Kier alpha value is -3.32. The molecule has 7 heteroatoms. The number of amides is 1. The van der Waals surface area contributed by atoms with Crippen LogP contribution in [0.5, 0.6) is 11.5 Å². The lowest BCUT2D eigenvalue weighted by atomic mass is 10.1. The van der Waals surface area contributed by atoms with Crippen LogP contribution in [-0.4, -0.2) is 51.4 Å². The van der Waals surface area contributed by atoms with Crippen molar-refractivity contribution in [2.45, 2.75) is 0 Å². The summed E-state index contributed by atoms with van der Waals surface area (Å²) in [6.45, 7) is 2.91. The maximum atomic E-state index is 13.1. The van der Waals surface area contributed by atoms with Gasteiger partial charge in [0.05, 0.1) is 38.7 Å². The van der Waals surface area contributed by atoms with Crippen molar-refractivity contribution < 1.29 is 19.0 Å². The molecule has 0 atom stereocenters. The fourth-order valence-electron chi connectivity index (χ4n) is 3.49. The van der Waals surface area contributed by atoms with Gasteiger partial charge in [-0.3, -0.25) is 4.79 Å². The Balaban J connectivity index is 1.70. The molecule has 1 saturated heterocycles. The van der Waals surface area contributed by atoms with Crippen molar-refractivity contribution in [3.63, 3.8) is 0 Å². The lowest BCUT2D eigenvalue weighted by Gasteiger charge is -2.29. The van der Waals surface area contributed by atoms with Crippen molar-refractivity contribution in [2.75, 3.05) is 50.7 Å². The Morgan fingerprint density at radius 2 is 1.83 bits per heavy atom. The number of aromatic nitrogens is 1. The molecule has 0 unspecified atom stereocenters. The zero-order valence-corrected chi connectivity index (χ0v) is 16.5. The van der Waals surface area contributed by atoms with Crippen LogP contribution >= 0.6 is 0 Å². The zero-order chi connectivity index (χ0) is 20.2. The first-order valence-electron chi connectivity index (χ1n) is 9.45. The second kappa shape index (κ2) is 8.36. The standard InChI is InChI=1S/C22H23N3O4/c1-27-15-7-8-20(28-2)19(13-15)24-22(26)18-14-23-21(25-9-11-29-12-10-25)17-6-4-3-5-16(17)18/h3-8,13-14H,9-12H2,1-2H3,(H,24,26). The third-order valence-electron chi connectivity index (χ3n) is 4.98. The highest BCUT2D eigenvalue weighted by atomic mass is 16.5. The molecule has 1 aromatic heterocycles. The van der Waals surface area contributed by atoms with Gasteiger partial charge in [-0.2, -0.15) is 0 Å². The van der Waals surface area contributed by atoms with Crippen LogP contribution in [0.3, 0.4) is 0 Å². The van der Waals surface area contributed by atoms with Gasteiger partial charge in [0, 0.05) is 30.7 Å². The van der Waals surface area contributed by atoms with E-state index in [1.165, 1.54) is 0 Å². The number of benzene rings is 2. The normalized spacial score (nSPS) is 13.9. The predicted molar refractivity (Wildman–Crippen MR) is 112 cm³/mol. The van der Waals surface area contributed by atoms with Gasteiger partial charge in [0.15, 0.2) is 0 Å². The molecule has 0 bridgehead atoms. The van der Waals surface area contributed by atoms with E-state index in [0.29, 0.717) is 36.0 Å². The second-order valence-corrected chi connectivity index (χ2v) is 6.66. The molecule has 0 saturated carbocycles. The summed E-state index contributed by atoms with van der Waals surface area (Å²) in [5.41, 5.74) is 1.04. The van der Waals surface area contributed by atoms with Crippen molar-refractivity contribution in [1.82, 2.24) is 4.98 Å². The van der Waals surface area contributed by atoms with Gasteiger partial charge in [-0.05, 0) is 17.5 Å². The summed E-state index contributed by atoms with van der Waals surface area (Å²) in [5.74, 6) is 1.81. The highest BCUT2D eigenvalue weighted by Crippen LogP contribution is 2.31. The molecule has 0 spiro atoms. The SMILES string of the molecule is COc1ccc(OC)c(NC(=O)c2cnc(N3CCOCC3)c3ccccc23)c1. The van der Waals surface area contributed by atoms with Crippen LogP contribution in [0.4, 0.5) is 11.5 Å². The quantitative estimate of drug-likeness (QED) is 0.717. The molecule has 3 aromatic rings. The van der Waals surface area contributed by atoms with Gasteiger partial charge in [0.2, 0.25) is 0 Å². The van der Waals surface area contributed by atoms with Gasteiger partial charge in [0.1, 0.15) is 17.3 Å². The molecule has 2 heterocycles. The molecule has 0 radical (unpaired) electrons. The Labute approximate surface area is 169 Å². The molecule has 1 aliphatic rings. The van der Waals surface area contributed by atoms with E-state index in [1.807, 2.05) is 24.3 Å². The lowest BCUT2D eigenvalue weighted by Crippen LogP contribution is -2.37. The van der Waals surface area contributed by atoms with Crippen molar-refractivity contribution >= 4 is 28.2 Å². The summed E-state index contributed by atoms with van der Waals surface area (Å²) in [4.78, 5) is 19.9. The van der Waals surface area contributed by atoms with Gasteiger partial charge >= 0.3 is 0 Å². The number of nitrogens with one attached hydrogen (secondary N) is 1. The summed E-state index contributed by atoms with van der Waals surface area (Å²) < 4.78 is 16.1. The Morgan fingerprint density at radius 1 is 1.07 bits per heavy atom. The number of nitrogens with zero attached hydrogens (tertiary/aromatic N) is 2. The topological polar surface area (TPSA) is 72.9 Å². The number of methoxy groups -OCH3 is 2. The summed E-state index contributed by atoms with van der Waals surface area (Å²) in [5, 5.41) is 4.72. The summed E-state index contributed by atoms with van der Waals surface area (Å²) in [6, 6.07) is 13.1. The van der Waals surface area contributed by atoms with E-state index >= 15 is 0 Å². The van der Waals surface area contributed by atoms with Gasteiger partial charge in [-0.15, -0.1) is 0 Å². The number of fused-ring (bicyclic) bond motifs is 1. The van der Waals surface area contributed by atoms with Gasteiger partial charge < -0.3 is 24.4 Å². The molecule has 29 heavy (non-hydrogen) atoms. The van der Waals surface area contributed by atoms with Crippen molar-refractivity contribution in [1.29, 1.82) is 0 Å². The molecule has 0 aliphatic carbocycles. The smallest absolute Gasteiger partial charge is 0.257 e. The van der Waals surface area contributed by atoms with Gasteiger partial charge in [-0.25, -0.2) is 4.98 Å². The third-order valence-corrected chi connectivity index (χ3v) is 4.98. The van der Waals surface area contributed by atoms with Crippen molar-refractivity contribution in [3.05, 3.63) is 54.2 Å². The first-order valence-corrected chi connectivity index (χ1v) is 9.45. The number of anilines is 2. The fourth-order valence-corrected chi connectivity index (χ4v) is 3.49. The second-order valence-electron chi connectivity index (χ2n) is 6.66. The van der Waals surface area contributed by atoms with Crippen LogP contribution in [-0.2, 0) is 4.74 Å². The number of ether oxygens (including phenoxy) is 3. The Bertz CT molecular complexity index is 1030. The van der Waals surface area contributed by atoms with E-state index in [1.54, 1.807) is 38.6 Å². The van der Waals surface area contributed by atoms with Crippen LogP contribution in [0.1, 0.15) is 10.4 Å². The van der Waals surface area contributed by atoms with Crippen LogP contribution in [0, 0.1) is 0 Å². The average molecular weight is 393 g/mol. The minimum atomic E-state index is -0.256. The largest absolute Gasteiger partial charge is 0.497 e. The lowest BCUT2D eigenvalue weighted by molar-refractivity contribution is 0.102. The molecular weight excluding hydrogens is 370 g/mol. The minimum Gasteiger partial charge on any atom is -0.497 e.